The Morgan fingerprint density at radius 3 is 2.25 bits per heavy atom. The van der Waals surface area contributed by atoms with E-state index in [4.69, 9.17) is 0 Å². The molecular formula is C24H40IN7. The first-order valence-electron chi connectivity index (χ1n) is 11.6. The van der Waals surface area contributed by atoms with Gasteiger partial charge in [-0.15, -0.1) is 24.0 Å². The van der Waals surface area contributed by atoms with Crippen LogP contribution in [-0.2, 0) is 6.54 Å². The molecule has 2 heterocycles. The number of nitrogens with zero attached hydrogens (tertiary/aromatic N) is 5. The molecule has 0 unspecified atom stereocenters. The summed E-state index contributed by atoms with van der Waals surface area (Å²) in [5, 5.41) is 11.4. The van der Waals surface area contributed by atoms with Gasteiger partial charge in [0.2, 0.25) is 0 Å². The Morgan fingerprint density at radius 2 is 1.62 bits per heavy atom. The van der Waals surface area contributed by atoms with Crippen LogP contribution in [0.4, 0.5) is 5.69 Å². The number of aromatic nitrogens is 2. The molecule has 1 aromatic heterocycles. The Morgan fingerprint density at radius 1 is 0.938 bits per heavy atom. The van der Waals surface area contributed by atoms with Gasteiger partial charge in [-0.25, -0.2) is 0 Å². The number of nitrogens with one attached hydrogen (secondary N) is 2. The third kappa shape index (κ3) is 8.61. The van der Waals surface area contributed by atoms with Crippen molar-refractivity contribution < 1.29 is 0 Å². The number of aliphatic imine (C=N–C) groups is 1. The molecule has 1 saturated heterocycles. The number of guanidine groups is 1. The number of aryl methyl sites for hydroxylation is 3. The van der Waals surface area contributed by atoms with Crippen LogP contribution >= 0.6 is 24.0 Å². The standard InChI is InChI=1S/C24H39N7.HI/c1-21-20-22(2)31(28-21)15-9-13-27-24(25-3)26-12-7-8-14-29-16-18-30(19-17-29)23-10-5-4-6-11-23;/h4-6,10-11,20H,7-9,12-19H2,1-3H3,(H2,25,26,27);1H. The van der Waals surface area contributed by atoms with Gasteiger partial charge in [0, 0.05) is 64.2 Å². The molecule has 0 radical (unpaired) electrons. The number of unbranched alkanes of at least 4 members (excludes halogenated alkanes) is 1. The Labute approximate surface area is 210 Å². The summed E-state index contributed by atoms with van der Waals surface area (Å²) in [6, 6.07) is 12.9. The summed E-state index contributed by atoms with van der Waals surface area (Å²) in [7, 11) is 1.84. The third-order valence-corrected chi connectivity index (χ3v) is 5.85. The monoisotopic (exact) mass is 553 g/mol. The molecule has 32 heavy (non-hydrogen) atoms. The lowest BCUT2D eigenvalue weighted by atomic mass is 10.2. The smallest absolute Gasteiger partial charge is 0.190 e. The number of para-hydroxylation sites is 1. The number of hydrogen-bond donors (Lipinski definition) is 2. The average molecular weight is 554 g/mol. The molecule has 8 heteroatoms. The van der Waals surface area contributed by atoms with Crippen LogP contribution in [0.25, 0.3) is 0 Å². The largest absolute Gasteiger partial charge is 0.369 e. The summed E-state index contributed by atoms with van der Waals surface area (Å²) >= 11 is 0. The van der Waals surface area contributed by atoms with E-state index in [-0.39, 0.29) is 24.0 Å². The van der Waals surface area contributed by atoms with E-state index >= 15 is 0 Å². The van der Waals surface area contributed by atoms with Crippen molar-refractivity contribution in [3.63, 3.8) is 0 Å². The summed E-state index contributed by atoms with van der Waals surface area (Å²) in [6.45, 7) is 12.7. The Balaban J connectivity index is 0.00000363. The summed E-state index contributed by atoms with van der Waals surface area (Å²) in [5.41, 5.74) is 3.66. The fraction of sp³-hybridized carbons (Fsp3) is 0.583. The van der Waals surface area contributed by atoms with Gasteiger partial charge in [-0.2, -0.15) is 5.10 Å². The van der Waals surface area contributed by atoms with Gasteiger partial charge < -0.3 is 15.5 Å². The highest BCUT2D eigenvalue weighted by molar-refractivity contribution is 14.0. The van der Waals surface area contributed by atoms with Crippen molar-refractivity contribution in [3.8, 4) is 0 Å². The summed E-state index contributed by atoms with van der Waals surface area (Å²) in [6.07, 6.45) is 3.40. The molecule has 0 spiro atoms. The third-order valence-electron chi connectivity index (χ3n) is 5.85. The molecule has 0 bridgehead atoms. The molecule has 3 rings (SSSR count). The SMILES string of the molecule is CN=C(NCCCCN1CCN(c2ccccc2)CC1)NCCCn1nc(C)cc1C.I. The van der Waals surface area contributed by atoms with E-state index < -0.39 is 0 Å². The average Bonchev–Trinajstić information content (AvgIpc) is 3.12. The molecular weight excluding hydrogens is 513 g/mol. The first-order chi connectivity index (χ1) is 15.2. The molecule has 178 valence electrons. The molecule has 1 aromatic carbocycles. The maximum Gasteiger partial charge on any atom is 0.190 e. The molecule has 0 amide bonds. The van der Waals surface area contributed by atoms with E-state index in [0.717, 1.165) is 70.3 Å². The van der Waals surface area contributed by atoms with Crippen molar-refractivity contribution in [2.24, 2.45) is 4.99 Å². The molecule has 1 fully saturated rings. The normalized spacial score (nSPS) is 14.8. The van der Waals surface area contributed by atoms with Crippen LogP contribution in [0.15, 0.2) is 41.4 Å². The maximum atomic E-state index is 4.51. The van der Waals surface area contributed by atoms with Crippen molar-refractivity contribution in [1.82, 2.24) is 25.3 Å². The predicted molar refractivity (Wildman–Crippen MR) is 145 cm³/mol. The number of halogens is 1. The van der Waals surface area contributed by atoms with Crippen molar-refractivity contribution in [2.45, 2.75) is 39.7 Å². The van der Waals surface area contributed by atoms with E-state index in [1.165, 1.54) is 24.3 Å². The number of piperazine rings is 1. The molecule has 1 aliphatic rings. The van der Waals surface area contributed by atoms with Crippen molar-refractivity contribution in [1.29, 1.82) is 0 Å². The van der Waals surface area contributed by atoms with Gasteiger partial charge in [-0.1, -0.05) is 18.2 Å². The number of rotatable bonds is 10. The van der Waals surface area contributed by atoms with Gasteiger partial charge >= 0.3 is 0 Å². The van der Waals surface area contributed by atoms with E-state index in [0.29, 0.717) is 0 Å². The van der Waals surface area contributed by atoms with Gasteiger partial charge in [0.15, 0.2) is 5.96 Å². The lowest BCUT2D eigenvalue weighted by molar-refractivity contribution is 0.253. The van der Waals surface area contributed by atoms with Crippen LogP contribution < -0.4 is 15.5 Å². The fourth-order valence-corrected chi connectivity index (χ4v) is 4.09. The zero-order valence-corrected chi connectivity index (χ0v) is 22.2. The summed E-state index contributed by atoms with van der Waals surface area (Å²) in [5.74, 6) is 0.893. The van der Waals surface area contributed by atoms with Crippen molar-refractivity contribution in [3.05, 3.63) is 47.8 Å². The van der Waals surface area contributed by atoms with E-state index in [9.17, 15) is 0 Å². The van der Waals surface area contributed by atoms with Crippen LogP contribution in [0.2, 0.25) is 0 Å². The summed E-state index contributed by atoms with van der Waals surface area (Å²) < 4.78 is 2.08. The lowest BCUT2D eigenvalue weighted by Crippen LogP contribution is -2.46. The number of anilines is 1. The Bertz CT molecular complexity index is 798. The molecule has 1 aliphatic heterocycles. The fourth-order valence-electron chi connectivity index (χ4n) is 4.09. The molecule has 2 aromatic rings. The Kier molecular flexibility index (Phi) is 11.9. The molecule has 0 saturated carbocycles. The van der Waals surface area contributed by atoms with Crippen LogP contribution in [0, 0.1) is 13.8 Å². The lowest BCUT2D eigenvalue weighted by Gasteiger charge is -2.36. The maximum absolute atomic E-state index is 4.51. The predicted octanol–water partition coefficient (Wildman–Crippen LogP) is 3.28. The molecule has 2 N–H and O–H groups in total. The van der Waals surface area contributed by atoms with E-state index in [1.807, 2.05) is 14.0 Å². The minimum atomic E-state index is 0. The first kappa shape index (κ1) is 26.4. The van der Waals surface area contributed by atoms with Gasteiger partial charge in [0.1, 0.15) is 0 Å². The van der Waals surface area contributed by atoms with Gasteiger partial charge in [-0.3, -0.25) is 14.6 Å². The molecule has 0 aliphatic carbocycles. The molecule has 7 nitrogen and oxygen atoms in total. The zero-order valence-electron chi connectivity index (χ0n) is 19.9. The highest BCUT2D eigenvalue weighted by atomic mass is 127. The quantitative estimate of drug-likeness (QED) is 0.205. The highest BCUT2D eigenvalue weighted by Gasteiger charge is 2.16. The van der Waals surface area contributed by atoms with Crippen LogP contribution in [-0.4, -0.2) is 73.5 Å². The second kappa shape index (κ2) is 14.4. The number of benzene rings is 1. The summed E-state index contributed by atoms with van der Waals surface area (Å²) in [4.78, 5) is 9.41. The van der Waals surface area contributed by atoms with Crippen LogP contribution in [0.1, 0.15) is 30.7 Å². The van der Waals surface area contributed by atoms with Gasteiger partial charge in [-0.05, 0) is 57.9 Å². The van der Waals surface area contributed by atoms with Crippen LogP contribution in [0.5, 0.6) is 0 Å². The van der Waals surface area contributed by atoms with Crippen molar-refractivity contribution in [2.75, 3.05) is 57.8 Å². The van der Waals surface area contributed by atoms with E-state index in [2.05, 4.69) is 78.5 Å². The Hall–Kier alpha value is -1.81. The minimum absolute atomic E-state index is 0. The second-order valence-corrected chi connectivity index (χ2v) is 8.30. The van der Waals surface area contributed by atoms with Gasteiger partial charge in [0.25, 0.3) is 0 Å². The zero-order chi connectivity index (χ0) is 21.9. The second-order valence-electron chi connectivity index (χ2n) is 8.30. The molecule has 0 atom stereocenters. The van der Waals surface area contributed by atoms with Gasteiger partial charge in [0.05, 0.1) is 5.69 Å². The number of hydrogen-bond acceptors (Lipinski definition) is 4. The highest BCUT2D eigenvalue weighted by Crippen LogP contribution is 2.15. The topological polar surface area (TPSA) is 60.7 Å². The first-order valence-corrected chi connectivity index (χ1v) is 11.6. The van der Waals surface area contributed by atoms with Crippen LogP contribution in [0.3, 0.4) is 0 Å². The van der Waals surface area contributed by atoms with E-state index in [1.54, 1.807) is 0 Å². The minimum Gasteiger partial charge on any atom is -0.369 e. The van der Waals surface area contributed by atoms with Crippen molar-refractivity contribution >= 4 is 35.6 Å².